The lowest BCUT2D eigenvalue weighted by Gasteiger charge is -2.29. The minimum absolute atomic E-state index is 0.0000454. The standard InChI is InChI=1S/C12H13NO4S/c14-10(7-1-2-7)13-9(12(15)16)6-18-11(13)8-3-4-17-5-8/h3-5,7,9,11H,1-2,6H2,(H,15,16)/p-1/t9-,11+/m0/s1. The monoisotopic (exact) mass is 266 g/mol. The van der Waals surface area contributed by atoms with E-state index in [-0.39, 0.29) is 17.2 Å². The van der Waals surface area contributed by atoms with Crippen LogP contribution in [0.5, 0.6) is 0 Å². The predicted molar refractivity (Wildman–Crippen MR) is 62.3 cm³/mol. The van der Waals surface area contributed by atoms with Crippen LogP contribution in [0.25, 0.3) is 0 Å². The van der Waals surface area contributed by atoms with Crippen molar-refractivity contribution in [1.29, 1.82) is 0 Å². The summed E-state index contributed by atoms with van der Waals surface area (Å²) in [6, 6.07) is 0.936. The molecule has 96 valence electrons. The first-order valence-electron chi connectivity index (χ1n) is 5.85. The Morgan fingerprint density at radius 2 is 2.22 bits per heavy atom. The van der Waals surface area contributed by atoms with Crippen LogP contribution in [0.15, 0.2) is 23.0 Å². The molecule has 2 atom stereocenters. The molecule has 0 N–H and O–H groups in total. The van der Waals surface area contributed by atoms with Crippen molar-refractivity contribution in [3.05, 3.63) is 24.2 Å². The van der Waals surface area contributed by atoms with E-state index < -0.39 is 12.0 Å². The maximum Gasteiger partial charge on any atom is 0.227 e. The van der Waals surface area contributed by atoms with Crippen LogP contribution in [0.4, 0.5) is 0 Å². The van der Waals surface area contributed by atoms with E-state index in [0.717, 1.165) is 18.4 Å². The van der Waals surface area contributed by atoms with Crippen LogP contribution >= 0.6 is 11.8 Å². The molecular formula is C12H12NO4S-. The number of carboxylic acid groups (broad SMARTS) is 1. The maximum atomic E-state index is 12.2. The number of rotatable bonds is 3. The third-order valence-corrected chi connectivity index (χ3v) is 4.61. The Balaban J connectivity index is 1.89. The Labute approximate surface area is 108 Å². The Hall–Kier alpha value is -1.43. The summed E-state index contributed by atoms with van der Waals surface area (Å²) >= 11 is 1.44. The summed E-state index contributed by atoms with van der Waals surface area (Å²) in [5.74, 6) is -0.876. The molecule has 1 saturated carbocycles. The summed E-state index contributed by atoms with van der Waals surface area (Å²) in [4.78, 5) is 24.8. The summed E-state index contributed by atoms with van der Waals surface area (Å²) in [5.41, 5.74) is 0.831. The van der Waals surface area contributed by atoms with Crippen molar-refractivity contribution in [3.63, 3.8) is 0 Å². The lowest BCUT2D eigenvalue weighted by Crippen LogP contribution is -2.49. The highest BCUT2D eigenvalue weighted by molar-refractivity contribution is 7.99. The second-order valence-electron chi connectivity index (χ2n) is 4.60. The molecule has 0 aromatic carbocycles. The van der Waals surface area contributed by atoms with Gasteiger partial charge in [0, 0.05) is 17.2 Å². The Morgan fingerprint density at radius 3 is 2.78 bits per heavy atom. The lowest BCUT2D eigenvalue weighted by atomic mass is 10.2. The van der Waals surface area contributed by atoms with E-state index in [1.54, 1.807) is 12.3 Å². The predicted octanol–water partition coefficient (Wildman–Crippen LogP) is 0.382. The van der Waals surface area contributed by atoms with Crippen LogP contribution in [0.3, 0.4) is 0 Å². The molecule has 2 fully saturated rings. The van der Waals surface area contributed by atoms with E-state index in [4.69, 9.17) is 4.42 Å². The van der Waals surface area contributed by atoms with Crippen LogP contribution < -0.4 is 5.11 Å². The van der Waals surface area contributed by atoms with E-state index in [1.807, 2.05) is 0 Å². The smallest absolute Gasteiger partial charge is 0.227 e. The molecule has 1 aromatic rings. The van der Waals surface area contributed by atoms with Crippen molar-refractivity contribution >= 4 is 23.6 Å². The van der Waals surface area contributed by atoms with Gasteiger partial charge >= 0.3 is 0 Å². The van der Waals surface area contributed by atoms with E-state index in [2.05, 4.69) is 0 Å². The van der Waals surface area contributed by atoms with Gasteiger partial charge in [0.05, 0.1) is 24.5 Å². The molecule has 3 rings (SSSR count). The van der Waals surface area contributed by atoms with Crippen LogP contribution in [0.2, 0.25) is 0 Å². The average molecular weight is 266 g/mol. The van der Waals surface area contributed by atoms with Crippen molar-refractivity contribution in [2.75, 3.05) is 5.75 Å². The van der Waals surface area contributed by atoms with Crippen molar-refractivity contribution in [2.45, 2.75) is 24.3 Å². The number of nitrogens with zero attached hydrogens (tertiary/aromatic N) is 1. The van der Waals surface area contributed by atoms with E-state index >= 15 is 0 Å². The Bertz CT molecular complexity index is 468. The van der Waals surface area contributed by atoms with Gasteiger partial charge in [-0.2, -0.15) is 0 Å². The molecule has 0 spiro atoms. The van der Waals surface area contributed by atoms with Gasteiger partial charge in [-0.1, -0.05) is 0 Å². The normalized spacial score (nSPS) is 27.4. The molecule has 1 aliphatic heterocycles. The van der Waals surface area contributed by atoms with Crippen molar-refractivity contribution in [2.24, 2.45) is 5.92 Å². The summed E-state index contributed by atoms with van der Waals surface area (Å²) in [6.07, 6.45) is 4.81. The third kappa shape index (κ3) is 1.90. The molecule has 0 unspecified atom stereocenters. The summed E-state index contributed by atoms with van der Waals surface area (Å²) in [5, 5.41) is 10.9. The van der Waals surface area contributed by atoms with Gasteiger partial charge in [-0.05, 0) is 18.9 Å². The zero-order chi connectivity index (χ0) is 12.7. The largest absolute Gasteiger partial charge is 0.548 e. The van der Waals surface area contributed by atoms with Gasteiger partial charge in [0.2, 0.25) is 5.91 Å². The molecular weight excluding hydrogens is 254 g/mol. The zero-order valence-corrected chi connectivity index (χ0v) is 10.4. The summed E-state index contributed by atoms with van der Waals surface area (Å²) in [7, 11) is 0. The number of carbonyl (C=O) groups excluding carboxylic acids is 2. The van der Waals surface area contributed by atoms with Crippen LogP contribution in [0.1, 0.15) is 23.8 Å². The topological polar surface area (TPSA) is 73.6 Å². The molecule has 0 bridgehead atoms. The molecule has 18 heavy (non-hydrogen) atoms. The molecule has 0 radical (unpaired) electrons. The minimum atomic E-state index is -1.18. The fourth-order valence-electron chi connectivity index (χ4n) is 2.17. The first-order valence-corrected chi connectivity index (χ1v) is 6.90. The number of furan rings is 1. The Kier molecular flexibility index (Phi) is 2.81. The second-order valence-corrected chi connectivity index (χ2v) is 5.71. The van der Waals surface area contributed by atoms with Crippen molar-refractivity contribution in [3.8, 4) is 0 Å². The quantitative estimate of drug-likeness (QED) is 0.791. The number of hydrogen-bond acceptors (Lipinski definition) is 5. The molecule has 1 amide bonds. The lowest BCUT2D eigenvalue weighted by molar-refractivity contribution is -0.310. The highest BCUT2D eigenvalue weighted by atomic mass is 32.2. The molecule has 1 aromatic heterocycles. The van der Waals surface area contributed by atoms with Gasteiger partial charge in [-0.25, -0.2) is 0 Å². The van der Waals surface area contributed by atoms with E-state index in [0.29, 0.717) is 5.75 Å². The van der Waals surface area contributed by atoms with Gasteiger partial charge in [0.25, 0.3) is 0 Å². The fraction of sp³-hybridized carbons (Fsp3) is 0.500. The van der Waals surface area contributed by atoms with Gasteiger partial charge < -0.3 is 19.2 Å². The van der Waals surface area contributed by atoms with Crippen molar-refractivity contribution in [1.82, 2.24) is 4.90 Å². The first-order chi connectivity index (χ1) is 8.68. The fourth-order valence-corrected chi connectivity index (χ4v) is 3.57. The third-order valence-electron chi connectivity index (χ3n) is 3.28. The van der Waals surface area contributed by atoms with Crippen LogP contribution in [0, 0.1) is 5.92 Å². The number of aliphatic carboxylic acids is 1. The number of thioether (sulfide) groups is 1. The number of amides is 1. The number of hydrogen-bond donors (Lipinski definition) is 0. The molecule has 1 saturated heterocycles. The molecule has 5 nitrogen and oxygen atoms in total. The van der Waals surface area contributed by atoms with Gasteiger partial charge in [-0.15, -0.1) is 11.8 Å². The number of carboxylic acids is 1. The highest BCUT2D eigenvalue weighted by Gasteiger charge is 2.44. The molecule has 2 aliphatic rings. The Morgan fingerprint density at radius 1 is 1.44 bits per heavy atom. The second kappa shape index (κ2) is 4.35. The maximum absolute atomic E-state index is 12.2. The van der Waals surface area contributed by atoms with Gasteiger partial charge in [0.15, 0.2) is 0 Å². The summed E-state index contributed by atoms with van der Waals surface area (Å²) < 4.78 is 5.01. The van der Waals surface area contributed by atoms with Gasteiger partial charge in [0.1, 0.15) is 5.37 Å². The summed E-state index contributed by atoms with van der Waals surface area (Å²) in [6.45, 7) is 0. The first kappa shape index (κ1) is 11.6. The zero-order valence-electron chi connectivity index (χ0n) is 9.57. The molecule has 6 heteroatoms. The molecule has 1 aliphatic carbocycles. The van der Waals surface area contributed by atoms with Crippen LogP contribution in [-0.2, 0) is 9.59 Å². The van der Waals surface area contributed by atoms with Gasteiger partial charge in [-0.3, -0.25) is 4.79 Å². The molecule has 2 heterocycles. The SMILES string of the molecule is O=C([O-])[C@@H]1CS[C@H](c2ccoc2)N1C(=O)C1CC1. The van der Waals surface area contributed by atoms with Crippen LogP contribution in [-0.4, -0.2) is 28.6 Å². The van der Waals surface area contributed by atoms with Crippen molar-refractivity contribution < 1.29 is 19.1 Å². The minimum Gasteiger partial charge on any atom is -0.548 e. The highest BCUT2D eigenvalue weighted by Crippen LogP contribution is 2.44. The van der Waals surface area contributed by atoms with E-state index in [1.165, 1.54) is 22.9 Å². The van der Waals surface area contributed by atoms with E-state index in [9.17, 15) is 14.7 Å². The number of carbonyl (C=O) groups is 2. The average Bonchev–Trinajstić information content (AvgIpc) is 2.90.